The molecule has 1 aromatic rings. The Morgan fingerprint density at radius 3 is 2.50 bits per heavy atom. The summed E-state index contributed by atoms with van der Waals surface area (Å²) in [6, 6.07) is 2.00. The van der Waals surface area contributed by atoms with Crippen molar-refractivity contribution in [1.82, 2.24) is 14.9 Å². The highest BCUT2D eigenvalue weighted by Crippen LogP contribution is 2.37. The van der Waals surface area contributed by atoms with Crippen molar-refractivity contribution in [2.75, 3.05) is 63.3 Å². The number of ether oxygens (including phenoxy) is 2. The number of hydrogen-bond acceptors (Lipinski definition) is 8. The van der Waals surface area contributed by atoms with Gasteiger partial charge in [-0.25, -0.2) is 14.8 Å². The summed E-state index contributed by atoms with van der Waals surface area (Å²) in [5.74, 6) is -0.810. The van der Waals surface area contributed by atoms with Crippen LogP contribution in [0.25, 0.3) is 0 Å². The summed E-state index contributed by atoms with van der Waals surface area (Å²) < 4.78 is 43.8. The largest absolute Gasteiger partial charge is 0.490 e. The summed E-state index contributed by atoms with van der Waals surface area (Å²) in [5, 5.41) is 7.12. The third kappa shape index (κ3) is 6.69. The molecule has 0 aliphatic carbocycles. The number of amides is 1. The molecule has 1 N–H and O–H groups in total. The summed E-state index contributed by atoms with van der Waals surface area (Å²) in [5.41, 5.74) is -0.178. The highest BCUT2D eigenvalue weighted by Gasteiger charge is 2.48. The highest BCUT2D eigenvalue weighted by atomic mass is 19.4. The SMILES string of the molecule is CN(C)c1cc(N2CC3(CC(OCC(=O)N4CCCC4)CCO3)C2)ncn1.O=C(O)C(F)(F)F. The lowest BCUT2D eigenvalue weighted by atomic mass is 9.84. The summed E-state index contributed by atoms with van der Waals surface area (Å²) in [6.45, 7) is 4.24. The Morgan fingerprint density at radius 2 is 1.91 bits per heavy atom. The monoisotopic (exact) mass is 489 g/mol. The molecular formula is C21H30F3N5O5. The number of aliphatic carboxylic acids is 1. The Labute approximate surface area is 195 Å². The number of halogens is 3. The van der Waals surface area contributed by atoms with Gasteiger partial charge in [0.1, 0.15) is 30.2 Å². The molecule has 3 saturated heterocycles. The van der Waals surface area contributed by atoms with E-state index < -0.39 is 12.1 Å². The van der Waals surface area contributed by atoms with Gasteiger partial charge in [-0.05, 0) is 19.3 Å². The van der Waals surface area contributed by atoms with Crippen LogP contribution >= 0.6 is 0 Å². The van der Waals surface area contributed by atoms with Crippen LogP contribution in [-0.4, -0.2) is 103 Å². The van der Waals surface area contributed by atoms with Gasteiger partial charge in [0.25, 0.3) is 0 Å². The predicted molar refractivity (Wildman–Crippen MR) is 116 cm³/mol. The number of alkyl halides is 3. The van der Waals surface area contributed by atoms with E-state index in [4.69, 9.17) is 19.4 Å². The van der Waals surface area contributed by atoms with Crippen molar-refractivity contribution in [3.63, 3.8) is 0 Å². The van der Waals surface area contributed by atoms with Gasteiger partial charge in [0.05, 0.1) is 19.2 Å². The standard InChI is InChI=1S/C19H29N5O3.C2HF3O2/c1-22(2)16-9-17(21-14-20-16)24-12-19(13-24)10-15(5-8-27-19)26-11-18(25)23-6-3-4-7-23;3-2(4,5)1(6)7/h9,14-15H,3-8,10-13H2,1-2H3;(H,6,7). The second-order valence-corrected chi connectivity index (χ2v) is 8.83. The molecule has 1 spiro atoms. The predicted octanol–water partition coefficient (Wildman–Crippen LogP) is 1.55. The minimum absolute atomic E-state index is 0.0928. The van der Waals surface area contributed by atoms with E-state index in [1.165, 1.54) is 0 Å². The van der Waals surface area contributed by atoms with E-state index >= 15 is 0 Å². The first-order valence-electron chi connectivity index (χ1n) is 11.1. The molecule has 0 aromatic carbocycles. The minimum atomic E-state index is -5.08. The number of anilines is 2. The lowest BCUT2D eigenvalue weighted by Crippen LogP contribution is -2.66. The molecule has 1 amide bonds. The van der Waals surface area contributed by atoms with Crippen molar-refractivity contribution >= 4 is 23.5 Å². The average molecular weight is 489 g/mol. The van der Waals surface area contributed by atoms with Gasteiger partial charge >= 0.3 is 12.1 Å². The van der Waals surface area contributed by atoms with Crippen molar-refractivity contribution in [2.45, 2.75) is 43.6 Å². The molecule has 4 heterocycles. The van der Waals surface area contributed by atoms with Crippen LogP contribution in [0.4, 0.5) is 24.8 Å². The molecule has 0 radical (unpaired) electrons. The van der Waals surface area contributed by atoms with Gasteiger partial charge in [0, 0.05) is 46.3 Å². The molecule has 34 heavy (non-hydrogen) atoms. The zero-order valence-corrected chi connectivity index (χ0v) is 19.3. The molecule has 1 aromatic heterocycles. The molecule has 190 valence electrons. The van der Waals surface area contributed by atoms with E-state index in [9.17, 15) is 18.0 Å². The zero-order chi connectivity index (χ0) is 24.9. The first-order valence-corrected chi connectivity index (χ1v) is 11.1. The number of carbonyl (C=O) groups excluding carboxylic acids is 1. The first kappa shape index (κ1) is 25.9. The third-order valence-corrected chi connectivity index (χ3v) is 5.97. The van der Waals surface area contributed by atoms with Crippen LogP contribution in [0, 0.1) is 0 Å². The minimum Gasteiger partial charge on any atom is -0.475 e. The van der Waals surface area contributed by atoms with Crippen LogP contribution < -0.4 is 9.80 Å². The van der Waals surface area contributed by atoms with Gasteiger partial charge in [-0.15, -0.1) is 0 Å². The highest BCUT2D eigenvalue weighted by molar-refractivity contribution is 5.77. The molecular weight excluding hydrogens is 459 g/mol. The summed E-state index contributed by atoms with van der Waals surface area (Å²) in [6.07, 6.45) is 0.527. The van der Waals surface area contributed by atoms with E-state index in [-0.39, 0.29) is 24.2 Å². The quantitative estimate of drug-likeness (QED) is 0.659. The Hall–Kier alpha value is -2.67. The van der Waals surface area contributed by atoms with Crippen LogP contribution in [0.3, 0.4) is 0 Å². The average Bonchev–Trinajstić information content (AvgIpc) is 3.31. The molecule has 0 bridgehead atoms. The Bertz CT molecular complexity index is 857. The van der Waals surface area contributed by atoms with Crippen molar-refractivity contribution in [3.8, 4) is 0 Å². The second kappa shape index (κ2) is 10.7. The number of aromatic nitrogens is 2. The fourth-order valence-corrected chi connectivity index (χ4v) is 4.16. The fourth-order valence-electron chi connectivity index (χ4n) is 4.16. The maximum absolute atomic E-state index is 12.2. The van der Waals surface area contributed by atoms with Crippen LogP contribution in [0.5, 0.6) is 0 Å². The van der Waals surface area contributed by atoms with E-state index in [1.54, 1.807) is 6.33 Å². The summed E-state index contributed by atoms with van der Waals surface area (Å²) in [4.78, 5) is 35.9. The number of carboxylic acid groups (broad SMARTS) is 1. The topological polar surface area (TPSA) is 108 Å². The molecule has 3 aliphatic rings. The molecule has 1 atom stereocenters. The lowest BCUT2D eigenvalue weighted by molar-refractivity contribution is -0.192. The molecule has 3 aliphatic heterocycles. The first-order chi connectivity index (χ1) is 16.0. The summed E-state index contributed by atoms with van der Waals surface area (Å²) >= 11 is 0. The number of rotatable bonds is 5. The van der Waals surface area contributed by atoms with Gasteiger partial charge in [-0.2, -0.15) is 13.2 Å². The second-order valence-electron chi connectivity index (χ2n) is 8.83. The van der Waals surface area contributed by atoms with Gasteiger partial charge in [0.2, 0.25) is 5.91 Å². The molecule has 1 unspecified atom stereocenters. The van der Waals surface area contributed by atoms with Crippen molar-refractivity contribution in [3.05, 3.63) is 12.4 Å². The number of carbonyl (C=O) groups is 2. The van der Waals surface area contributed by atoms with Gasteiger partial charge in [-0.1, -0.05) is 0 Å². The summed E-state index contributed by atoms with van der Waals surface area (Å²) in [7, 11) is 3.94. The third-order valence-electron chi connectivity index (χ3n) is 5.97. The maximum Gasteiger partial charge on any atom is 0.490 e. The number of hydrogen-bond donors (Lipinski definition) is 1. The molecule has 3 fully saturated rings. The fraction of sp³-hybridized carbons (Fsp3) is 0.714. The maximum atomic E-state index is 12.2. The van der Waals surface area contributed by atoms with E-state index in [2.05, 4.69) is 14.9 Å². The number of likely N-dealkylation sites (tertiary alicyclic amines) is 1. The van der Waals surface area contributed by atoms with Gasteiger partial charge < -0.3 is 29.3 Å². The Morgan fingerprint density at radius 1 is 1.26 bits per heavy atom. The molecule has 10 nitrogen and oxygen atoms in total. The molecule has 0 saturated carbocycles. The van der Waals surface area contributed by atoms with Crippen molar-refractivity contribution < 1.29 is 37.3 Å². The number of nitrogens with zero attached hydrogens (tertiary/aromatic N) is 5. The van der Waals surface area contributed by atoms with Crippen molar-refractivity contribution in [1.29, 1.82) is 0 Å². The Kier molecular flexibility index (Phi) is 8.18. The van der Waals surface area contributed by atoms with Crippen LogP contribution in [-0.2, 0) is 19.1 Å². The van der Waals surface area contributed by atoms with Gasteiger partial charge in [-0.3, -0.25) is 4.79 Å². The van der Waals surface area contributed by atoms with Gasteiger partial charge in [0.15, 0.2) is 0 Å². The smallest absolute Gasteiger partial charge is 0.475 e. The lowest BCUT2D eigenvalue weighted by Gasteiger charge is -2.53. The zero-order valence-electron chi connectivity index (χ0n) is 19.3. The number of carboxylic acids is 1. The normalized spacial score (nSPS) is 21.5. The van der Waals surface area contributed by atoms with Crippen LogP contribution in [0.1, 0.15) is 25.7 Å². The van der Waals surface area contributed by atoms with E-state index in [0.29, 0.717) is 6.61 Å². The Balaban J connectivity index is 0.000000406. The van der Waals surface area contributed by atoms with E-state index in [1.807, 2.05) is 30.0 Å². The van der Waals surface area contributed by atoms with E-state index in [0.717, 1.165) is 63.5 Å². The molecule has 4 rings (SSSR count). The molecule has 13 heteroatoms. The van der Waals surface area contributed by atoms with Crippen LogP contribution in [0.2, 0.25) is 0 Å². The van der Waals surface area contributed by atoms with Crippen LogP contribution in [0.15, 0.2) is 12.4 Å². The van der Waals surface area contributed by atoms with Crippen molar-refractivity contribution in [2.24, 2.45) is 0 Å².